The molecule has 158 valence electrons. The van der Waals surface area contributed by atoms with Crippen molar-refractivity contribution in [3.63, 3.8) is 0 Å². The first kappa shape index (κ1) is 19.4. The molecule has 2 aromatic carbocycles. The number of benzene rings is 2. The topological polar surface area (TPSA) is 48.0 Å². The zero-order valence-corrected chi connectivity index (χ0v) is 17.9. The minimum absolute atomic E-state index is 0.102. The SMILES string of the molecule is CCOc1ccc2c(c1)OC(C)(C)CC21C(=O)N(CC2CCCO2)c2ccccc21. The van der Waals surface area contributed by atoms with Crippen LogP contribution in [0.1, 0.15) is 51.2 Å². The third kappa shape index (κ3) is 2.90. The van der Waals surface area contributed by atoms with Crippen LogP contribution in [0.15, 0.2) is 42.5 Å². The second-order valence-electron chi connectivity index (χ2n) is 9.10. The molecule has 0 radical (unpaired) electrons. The molecule has 2 atom stereocenters. The van der Waals surface area contributed by atoms with E-state index in [9.17, 15) is 4.79 Å². The van der Waals surface area contributed by atoms with Crippen LogP contribution in [0.3, 0.4) is 0 Å². The third-order valence-corrected chi connectivity index (χ3v) is 6.48. The van der Waals surface area contributed by atoms with E-state index >= 15 is 0 Å². The Morgan fingerprint density at radius 1 is 1.17 bits per heavy atom. The summed E-state index contributed by atoms with van der Waals surface area (Å²) < 4.78 is 17.9. The van der Waals surface area contributed by atoms with Crippen LogP contribution in [-0.4, -0.2) is 37.4 Å². The van der Waals surface area contributed by atoms with E-state index in [2.05, 4.69) is 26.0 Å². The Morgan fingerprint density at radius 2 is 2.00 bits per heavy atom. The van der Waals surface area contributed by atoms with E-state index in [1.54, 1.807) is 0 Å². The summed E-state index contributed by atoms with van der Waals surface area (Å²) in [6.45, 7) is 8.05. The van der Waals surface area contributed by atoms with Crippen LogP contribution in [0.5, 0.6) is 11.5 Å². The first-order valence-corrected chi connectivity index (χ1v) is 10.9. The molecule has 5 rings (SSSR count). The Kier molecular flexibility index (Phi) is 4.55. The van der Waals surface area contributed by atoms with Gasteiger partial charge in [0.15, 0.2) is 0 Å². The number of hydrogen-bond acceptors (Lipinski definition) is 4. The maximum atomic E-state index is 14.2. The van der Waals surface area contributed by atoms with Gasteiger partial charge >= 0.3 is 0 Å². The van der Waals surface area contributed by atoms with Crippen molar-refractivity contribution in [3.05, 3.63) is 53.6 Å². The Morgan fingerprint density at radius 3 is 2.77 bits per heavy atom. The normalized spacial score (nSPS) is 26.4. The number of carbonyl (C=O) groups is 1. The highest BCUT2D eigenvalue weighted by atomic mass is 16.5. The van der Waals surface area contributed by atoms with Crippen LogP contribution in [0, 0.1) is 0 Å². The molecule has 0 N–H and O–H groups in total. The number of amides is 1. The molecule has 1 amide bonds. The summed E-state index contributed by atoms with van der Waals surface area (Å²) in [5.74, 6) is 1.62. The van der Waals surface area contributed by atoms with Crippen LogP contribution in [0.4, 0.5) is 5.69 Å². The summed E-state index contributed by atoms with van der Waals surface area (Å²) in [5.41, 5.74) is 1.75. The molecule has 5 nitrogen and oxygen atoms in total. The lowest BCUT2D eigenvalue weighted by Gasteiger charge is -2.43. The van der Waals surface area contributed by atoms with E-state index in [0.717, 1.165) is 47.8 Å². The number of ether oxygens (including phenoxy) is 3. The highest BCUT2D eigenvalue weighted by molar-refractivity contribution is 6.11. The Bertz CT molecular complexity index is 979. The highest BCUT2D eigenvalue weighted by Gasteiger charge is 2.58. The number of anilines is 1. The summed E-state index contributed by atoms with van der Waals surface area (Å²) in [4.78, 5) is 16.1. The van der Waals surface area contributed by atoms with Gasteiger partial charge in [0.1, 0.15) is 22.5 Å². The van der Waals surface area contributed by atoms with E-state index < -0.39 is 11.0 Å². The van der Waals surface area contributed by atoms with Crippen LogP contribution >= 0.6 is 0 Å². The summed E-state index contributed by atoms with van der Waals surface area (Å²) in [6, 6.07) is 14.1. The lowest BCUT2D eigenvalue weighted by Crippen LogP contribution is -2.51. The minimum Gasteiger partial charge on any atom is -0.494 e. The summed E-state index contributed by atoms with van der Waals surface area (Å²) in [7, 11) is 0. The smallest absolute Gasteiger partial charge is 0.242 e. The summed E-state index contributed by atoms with van der Waals surface area (Å²) >= 11 is 0. The number of para-hydroxylation sites is 1. The Balaban J connectivity index is 1.66. The largest absolute Gasteiger partial charge is 0.494 e. The number of carbonyl (C=O) groups excluding carboxylic acids is 1. The van der Waals surface area contributed by atoms with Crippen molar-refractivity contribution in [1.29, 1.82) is 0 Å². The molecule has 1 saturated heterocycles. The predicted molar refractivity (Wildman–Crippen MR) is 115 cm³/mol. The van der Waals surface area contributed by atoms with Crippen LogP contribution < -0.4 is 14.4 Å². The van der Waals surface area contributed by atoms with E-state index in [4.69, 9.17) is 14.2 Å². The summed E-state index contributed by atoms with van der Waals surface area (Å²) in [5, 5.41) is 0. The Hall–Kier alpha value is -2.53. The molecule has 3 aliphatic rings. The van der Waals surface area contributed by atoms with Crippen molar-refractivity contribution in [1.82, 2.24) is 0 Å². The van der Waals surface area contributed by atoms with Crippen LogP contribution in [0.25, 0.3) is 0 Å². The molecule has 1 fully saturated rings. The van der Waals surface area contributed by atoms with Gasteiger partial charge in [-0.15, -0.1) is 0 Å². The lowest BCUT2D eigenvalue weighted by atomic mass is 9.67. The van der Waals surface area contributed by atoms with Gasteiger partial charge in [-0.3, -0.25) is 4.79 Å². The average Bonchev–Trinajstić information content (AvgIpc) is 3.30. The van der Waals surface area contributed by atoms with Crippen LogP contribution in [-0.2, 0) is 14.9 Å². The molecular formula is C25H29NO4. The van der Waals surface area contributed by atoms with E-state index in [-0.39, 0.29) is 12.0 Å². The monoisotopic (exact) mass is 407 g/mol. The van der Waals surface area contributed by atoms with Crippen LogP contribution in [0.2, 0.25) is 0 Å². The standard InChI is InChI=1S/C25H29NO4/c1-4-28-17-11-12-20-22(14-17)30-24(2,3)16-25(20)19-9-5-6-10-21(19)26(23(25)27)15-18-8-7-13-29-18/h5-6,9-12,14,18H,4,7-8,13,15-16H2,1-3H3. The fourth-order valence-corrected chi connectivity index (χ4v) is 5.39. The molecule has 0 aliphatic carbocycles. The van der Waals surface area contributed by atoms with Gasteiger partial charge < -0.3 is 19.1 Å². The molecule has 0 aromatic heterocycles. The molecule has 3 heterocycles. The van der Waals surface area contributed by atoms with Gasteiger partial charge in [0.25, 0.3) is 0 Å². The van der Waals surface area contributed by atoms with Gasteiger partial charge in [-0.2, -0.15) is 0 Å². The van der Waals surface area contributed by atoms with Gasteiger partial charge in [-0.1, -0.05) is 24.3 Å². The van der Waals surface area contributed by atoms with E-state index in [1.807, 2.05) is 42.2 Å². The van der Waals surface area contributed by atoms with Gasteiger partial charge in [-0.25, -0.2) is 0 Å². The molecule has 3 aliphatic heterocycles. The van der Waals surface area contributed by atoms with Gasteiger partial charge in [0.2, 0.25) is 5.91 Å². The van der Waals surface area contributed by atoms with Crippen molar-refractivity contribution in [3.8, 4) is 11.5 Å². The molecule has 0 bridgehead atoms. The first-order chi connectivity index (χ1) is 14.4. The fraction of sp³-hybridized carbons (Fsp3) is 0.480. The molecule has 1 spiro atoms. The van der Waals surface area contributed by atoms with Crippen molar-refractivity contribution < 1.29 is 19.0 Å². The van der Waals surface area contributed by atoms with Gasteiger partial charge in [0.05, 0.1) is 19.3 Å². The minimum atomic E-state index is -0.753. The molecule has 30 heavy (non-hydrogen) atoms. The average molecular weight is 408 g/mol. The van der Waals surface area contributed by atoms with E-state index in [0.29, 0.717) is 19.6 Å². The lowest BCUT2D eigenvalue weighted by molar-refractivity contribution is -0.124. The highest BCUT2D eigenvalue weighted by Crippen LogP contribution is 2.56. The zero-order chi connectivity index (χ0) is 20.9. The second-order valence-corrected chi connectivity index (χ2v) is 9.10. The van der Waals surface area contributed by atoms with Crippen molar-refractivity contribution in [2.45, 2.75) is 57.2 Å². The zero-order valence-electron chi connectivity index (χ0n) is 17.9. The number of rotatable bonds is 4. The summed E-state index contributed by atoms with van der Waals surface area (Å²) in [6.07, 6.45) is 2.76. The van der Waals surface area contributed by atoms with Crippen molar-refractivity contribution in [2.75, 3.05) is 24.7 Å². The molecule has 0 saturated carbocycles. The van der Waals surface area contributed by atoms with Crippen molar-refractivity contribution in [2.24, 2.45) is 0 Å². The van der Waals surface area contributed by atoms with Gasteiger partial charge in [0, 0.05) is 30.3 Å². The number of hydrogen-bond donors (Lipinski definition) is 0. The van der Waals surface area contributed by atoms with Gasteiger partial charge in [-0.05, 0) is 51.3 Å². The maximum absolute atomic E-state index is 14.2. The Labute approximate surface area is 177 Å². The fourth-order valence-electron chi connectivity index (χ4n) is 5.39. The molecule has 2 unspecified atom stereocenters. The first-order valence-electron chi connectivity index (χ1n) is 10.9. The van der Waals surface area contributed by atoms with E-state index in [1.165, 1.54) is 0 Å². The number of nitrogens with zero attached hydrogens (tertiary/aromatic N) is 1. The second kappa shape index (κ2) is 7.02. The molecule has 2 aromatic rings. The van der Waals surface area contributed by atoms with Crippen molar-refractivity contribution >= 4 is 11.6 Å². The predicted octanol–water partition coefficient (Wildman–Crippen LogP) is 4.46. The molecule has 5 heteroatoms. The quantitative estimate of drug-likeness (QED) is 0.751. The maximum Gasteiger partial charge on any atom is 0.242 e. The number of fused-ring (bicyclic) bond motifs is 4. The third-order valence-electron chi connectivity index (χ3n) is 6.48. The molecular weight excluding hydrogens is 378 g/mol.